The van der Waals surface area contributed by atoms with Crippen LogP contribution in [0.5, 0.6) is 0 Å². The van der Waals surface area contributed by atoms with E-state index < -0.39 is 24.2 Å². The van der Waals surface area contributed by atoms with Gasteiger partial charge in [-0.05, 0) is 6.92 Å². The summed E-state index contributed by atoms with van der Waals surface area (Å²) in [6.07, 6.45) is -6.07. The average Bonchev–Trinajstić information content (AvgIpc) is 1.84. The molecule has 0 bridgehead atoms. The monoisotopic (exact) mass is 154 g/mol. The third-order valence-electron chi connectivity index (χ3n) is 0.822. The summed E-state index contributed by atoms with van der Waals surface area (Å²) in [5.41, 5.74) is 0. The number of hydrogen-bond donors (Lipinski definition) is 0. The largest absolute Gasteiger partial charge is 0.299 e. The molecule has 0 radical (unpaired) electrons. The lowest BCUT2D eigenvalue weighted by Crippen LogP contribution is -2.28. The van der Waals surface area contributed by atoms with Crippen LogP contribution in [0.1, 0.15) is 6.92 Å². The molecule has 0 N–H and O–H groups in total. The van der Waals surface area contributed by atoms with Crippen LogP contribution in [-0.4, -0.2) is 24.2 Å². The van der Waals surface area contributed by atoms with Gasteiger partial charge in [0.25, 0.3) is 6.43 Å². The molecule has 0 amide bonds. The molecule has 5 heteroatoms. The maximum absolute atomic E-state index is 12.0. The van der Waals surface area contributed by atoms with Crippen LogP contribution in [0.3, 0.4) is 0 Å². The van der Waals surface area contributed by atoms with Gasteiger partial charge in [-0.1, -0.05) is 0 Å². The molecule has 58 valence electrons. The lowest BCUT2D eigenvalue weighted by Gasteiger charge is -1.99. The van der Waals surface area contributed by atoms with Crippen LogP contribution in [0.2, 0.25) is 0 Å². The SMILES string of the molecule is CC(=O)C(F)C(=O)C(F)F. The average molecular weight is 154 g/mol. The fourth-order valence-electron chi connectivity index (χ4n) is 0.311. The van der Waals surface area contributed by atoms with Crippen molar-refractivity contribution in [3.05, 3.63) is 0 Å². The number of carbonyl (C=O) groups is 2. The fourth-order valence-corrected chi connectivity index (χ4v) is 0.311. The number of halogens is 3. The summed E-state index contributed by atoms with van der Waals surface area (Å²) in [5, 5.41) is 0. The Balaban J connectivity index is 4.08. The molecule has 1 atom stereocenters. The number of carbonyl (C=O) groups excluding carboxylic acids is 2. The summed E-state index contributed by atoms with van der Waals surface area (Å²) in [6, 6.07) is 0. The second kappa shape index (κ2) is 3.34. The molecule has 0 saturated carbocycles. The third-order valence-corrected chi connectivity index (χ3v) is 0.822. The van der Waals surface area contributed by atoms with E-state index in [0.717, 1.165) is 6.92 Å². The minimum Gasteiger partial charge on any atom is -0.296 e. The maximum atomic E-state index is 12.0. The zero-order valence-corrected chi connectivity index (χ0v) is 5.11. The first kappa shape index (κ1) is 9.13. The second-order valence-corrected chi connectivity index (χ2v) is 1.68. The van der Waals surface area contributed by atoms with Gasteiger partial charge in [0.05, 0.1) is 0 Å². The highest BCUT2D eigenvalue weighted by molar-refractivity contribution is 6.05. The molecule has 10 heavy (non-hydrogen) atoms. The molecule has 0 aromatic rings. The van der Waals surface area contributed by atoms with Crippen molar-refractivity contribution in [1.29, 1.82) is 0 Å². The summed E-state index contributed by atoms with van der Waals surface area (Å²) in [4.78, 5) is 19.9. The first-order valence-electron chi connectivity index (χ1n) is 2.43. The molecule has 0 aromatic carbocycles. The fraction of sp³-hybridized carbons (Fsp3) is 0.600. The highest BCUT2D eigenvalue weighted by Gasteiger charge is 2.29. The minimum atomic E-state index is -3.40. The van der Waals surface area contributed by atoms with Crippen molar-refractivity contribution in [1.82, 2.24) is 0 Å². The molecule has 0 aliphatic rings. The van der Waals surface area contributed by atoms with Crippen LogP contribution in [0, 0.1) is 0 Å². The first-order chi connectivity index (χ1) is 4.46. The summed E-state index contributed by atoms with van der Waals surface area (Å²) >= 11 is 0. The highest BCUT2D eigenvalue weighted by atomic mass is 19.3. The first-order valence-corrected chi connectivity index (χ1v) is 2.43. The van der Waals surface area contributed by atoms with Gasteiger partial charge in [0.2, 0.25) is 12.0 Å². The van der Waals surface area contributed by atoms with Crippen LogP contribution in [0.25, 0.3) is 0 Å². The molecule has 0 rings (SSSR count). The molecule has 0 fully saturated rings. The Labute approximate surface area is 55.0 Å². The molecule has 0 spiro atoms. The molecule has 0 heterocycles. The van der Waals surface area contributed by atoms with Gasteiger partial charge in [0, 0.05) is 0 Å². The number of hydrogen-bond acceptors (Lipinski definition) is 2. The van der Waals surface area contributed by atoms with Crippen LogP contribution in [0.15, 0.2) is 0 Å². The number of Topliss-reactive ketones (excluding diaryl/α,β-unsaturated/α-hetero) is 2. The van der Waals surface area contributed by atoms with E-state index in [0.29, 0.717) is 0 Å². The molecule has 0 aromatic heterocycles. The van der Waals surface area contributed by atoms with Crippen LogP contribution >= 0.6 is 0 Å². The summed E-state index contributed by atoms with van der Waals surface area (Å²) < 4.78 is 34.6. The quantitative estimate of drug-likeness (QED) is 0.562. The van der Waals surface area contributed by atoms with E-state index in [9.17, 15) is 22.8 Å². The van der Waals surface area contributed by atoms with Crippen molar-refractivity contribution in [2.75, 3.05) is 0 Å². The Kier molecular flexibility index (Phi) is 3.05. The Morgan fingerprint density at radius 3 is 1.70 bits per heavy atom. The Morgan fingerprint density at radius 2 is 1.60 bits per heavy atom. The zero-order chi connectivity index (χ0) is 8.31. The van der Waals surface area contributed by atoms with Gasteiger partial charge in [0.15, 0.2) is 5.78 Å². The second-order valence-electron chi connectivity index (χ2n) is 1.68. The Bertz CT molecular complexity index is 155. The standard InChI is InChI=1S/C5H5F3O2/c1-2(9)3(6)4(10)5(7)8/h3,5H,1H3. The lowest BCUT2D eigenvalue weighted by molar-refractivity contribution is -0.140. The van der Waals surface area contributed by atoms with Gasteiger partial charge in [0.1, 0.15) is 0 Å². The van der Waals surface area contributed by atoms with E-state index in [2.05, 4.69) is 0 Å². The maximum Gasteiger partial charge on any atom is 0.299 e. The van der Waals surface area contributed by atoms with Gasteiger partial charge >= 0.3 is 0 Å². The topological polar surface area (TPSA) is 34.1 Å². The molecule has 0 saturated heterocycles. The molecule has 0 aliphatic heterocycles. The lowest BCUT2D eigenvalue weighted by atomic mass is 10.2. The third kappa shape index (κ3) is 2.16. The van der Waals surface area contributed by atoms with E-state index in [1.807, 2.05) is 0 Å². The molecular formula is C5H5F3O2. The highest BCUT2D eigenvalue weighted by Crippen LogP contribution is 2.03. The Morgan fingerprint density at radius 1 is 1.20 bits per heavy atom. The van der Waals surface area contributed by atoms with Gasteiger partial charge < -0.3 is 0 Å². The molecule has 2 nitrogen and oxygen atoms in total. The number of ketones is 2. The van der Waals surface area contributed by atoms with Crippen LogP contribution < -0.4 is 0 Å². The number of rotatable bonds is 3. The zero-order valence-electron chi connectivity index (χ0n) is 5.11. The minimum absolute atomic E-state index is 0.741. The van der Waals surface area contributed by atoms with E-state index >= 15 is 0 Å². The van der Waals surface area contributed by atoms with Crippen molar-refractivity contribution < 1.29 is 22.8 Å². The normalized spacial score (nSPS) is 13.3. The molecule has 1 unspecified atom stereocenters. The van der Waals surface area contributed by atoms with Crippen LogP contribution in [-0.2, 0) is 9.59 Å². The van der Waals surface area contributed by atoms with Crippen LogP contribution in [0.4, 0.5) is 13.2 Å². The van der Waals surface area contributed by atoms with Crippen molar-refractivity contribution in [2.45, 2.75) is 19.5 Å². The van der Waals surface area contributed by atoms with Crippen molar-refractivity contribution in [3.63, 3.8) is 0 Å². The van der Waals surface area contributed by atoms with E-state index in [1.165, 1.54) is 0 Å². The van der Waals surface area contributed by atoms with E-state index in [-0.39, 0.29) is 0 Å². The molecule has 0 aliphatic carbocycles. The summed E-state index contributed by atoms with van der Waals surface area (Å²) in [6.45, 7) is 0.741. The predicted molar refractivity (Wildman–Crippen MR) is 26.6 cm³/mol. The van der Waals surface area contributed by atoms with E-state index in [1.54, 1.807) is 0 Å². The smallest absolute Gasteiger partial charge is 0.296 e. The van der Waals surface area contributed by atoms with Crippen molar-refractivity contribution in [3.8, 4) is 0 Å². The van der Waals surface area contributed by atoms with Crippen molar-refractivity contribution in [2.24, 2.45) is 0 Å². The number of alkyl halides is 3. The Hall–Kier alpha value is -0.870. The van der Waals surface area contributed by atoms with Gasteiger partial charge in [-0.2, -0.15) is 0 Å². The predicted octanol–water partition coefficient (Wildman–Crippen LogP) is 0.748. The van der Waals surface area contributed by atoms with Gasteiger partial charge in [-0.3, -0.25) is 9.59 Å². The molecular weight excluding hydrogens is 149 g/mol. The van der Waals surface area contributed by atoms with Crippen molar-refractivity contribution >= 4 is 11.6 Å². The summed E-state index contributed by atoms with van der Waals surface area (Å²) in [5.74, 6) is -3.15. The van der Waals surface area contributed by atoms with Gasteiger partial charge in [-0.25, -0.2) is 13.2 Å². The summed E-state index contributed by atoms with van der Waals surface area (Å²) in [7, 11) is 0. The van der Waals surface area contributed by atoms with Gasteiger partial charge in [-0.15, -0.1) is 0 Å². The van der Waals surface area contributed by atoms with E-state index in [4.69, 9.17) is 0 Å².